The molecule has 0 saturated carbocycles. The topological polar surface area (TPSA) is 108 Å². The van der Waals surface area contributed by atoms with Gasteiger partial charge in [-0.05, 0) is 44.9 Å². The average molecular weight is 602 g/mol. The normalized spacial score (nSPS) is 22.8. The Morgan fingerprint density at radius 3 is 2.43 bits per heavy atom. The van der Waals surface area contributed by atoms with Crippen LogP contribution in [0.2, 0.25) is 0 Å². The summed E-state index contributed by atoms with van der Waals surface area (Å²) in [6.45, 7) is 11.1. The van der Waals surface area contributed by atoms with E-state index in [1.807, 2.05) is 32.9 Å². The van der Waals surface area contributed by atoms with Gasteiger partial charge in [0.2, 0.25) is 0 Å². The number of nitrogens with zero attached hydrogens (tertiary/aromatic N) is 4. The number of amides is 3. The molecule has 4 atom stereocenters. The second-order valence-corrected chi connectivity index (χ2v) is 11.6. The number of rotatable bonds is 4. The first-order valence-corrected chi connectivity index (χ1v) is 14.8. The van der Waals surface area contributed by atoms with Crippen molar-refractivity contribution < 1.29 is 28.2 Å². The zero-order valence-electron chi connectivity index (χ0n) is 24.9. The Balaban J connectivity index is 0.00000198. The van der Waals surface area contributed by atoms with Crippen LogP contribution in [-0.2, 0) is 22.5 Å². The molecule has 3 amide bonds. The van der Waals surface area contributed by atoms with E-state index in [9.17, 15) is 14.7 Å². The molecule has 0 spiro atoms. The number of carbonyl (C=O) groups is 2. The summed E-state index contributed by atoms with van der Waals surface area (Å²) in [5.41, 5.74) is -0.422. The van der Waals surface area contributed by atoms with Gasteiger partial charge in [0.1, 0.15) is 5.01 Å². The molecule has 1 aromatic heterocycles. The highest BCUT2D eigenvalue weighted by Crippen LogP contribution is 2.46. The van der Waals surface area contributed by atoms with Gasteiger partial charge in [0.05, 0.1) is 36.0 Å². The van der Waals surface area contributed by atoms with E-state index in [1.165, 1.54) is 18.0 Å². The summed E-state index contributed by atoms with van der Waals surface area (Å²) in [5, 5.41) is 23.4. The van der Waals surface area contributed by atoms with Crippen molar-refractivity contribution in [3.8, 4) is 10.6 Å². The van der Waals surface area contributed by atoms with Crippen LogP contribution in [0, 0.1) is 25.5 Å². The Hall–Kier alpha value is -3.48. The number of benzene rings is 2. The molecule has 0 radical (unpaired) electrons. The number of anilines is 1. The van der Waals surface area contributed by atoms with Gasteiger partial charge < -0.3 is 20.1 Å². The monoisotopic (exact) mass is 601 g/mol. The number of hydrogen-bond donors (Lipinski definition) is 2. The van der Waals surface area contributed by atoms with Crippen molar-refractivity contribution in [1.82, 2.24) is 20.4 Å². The molecular formula is C30H37F2N5O4S. The second kappa shape index (κ2) is 12.4. The number of carbonyl (C=O) groups excluding carboxylic acids is 2. The third-order valence-corrected chi connectivity index (χ3v) is 8.34. The Morgan fingerprint density at radius 1 is 1.17 bits per heavy atom. The van der Waals surface area contributed by atoms with Crippen LogP contribution in [0.4, 0.5) is 19.3 Å². The molecule has 2 unspecified atom stereocenters. The molecule has 42 heavy (non-hydrogen) atoms. The van der Waals surface area contributed by atoms with Crippen molar-refractivity contribution >= 4 is 29.0 Å². The van der Waals surface area contributed by atoms with E-state index >= 15 is 8.78 Å². The summed E-state index contributed by atoms with van der Waals surface area (Å²) in [6, 6.07) is 6.95. The lowest BCUT2D eigenvalue weighted by Crippen LogP contribution is -2.72. The molecule has 226 valence electrons. The zero-order valence-corrected chi connectivity index (χ0v) is 25.7. The number of imide groups is 1. The maximum Gasteiger partial charge on any atom is 0.324 e. The first kappa shape index (κ1) is 31.5. The smallest absolute Gasteiger partial charge is 0.324 e. The number of aryl methyl sites for hydroxylation is 2. The number of urea groups is 1. The van der Waals surface area contributed by atoms with Crippen molar-refractivity contribution in [3.05, 3.63) is 63.7 Å². The number of hydrogen-bond acceptors (Lipinski definition) is 8. The van der Waals surface area contributed by atoms with Gasteiger partial charge >= 0.3 is 6.03 Å². The van der Waals surface area contributed by atoms with Crippen LogP contribution in [0.1, 0.15) is 49.4 Å². The molecule has 9 nitrogen and oxygen atoms in total. The minimum absolute atomic E-state index is 0.0306. The maximum atomic E-state index is 15.8. The molecule has 2 aromatic carbocycles. The number of ether oxygens (including phenoxy) is 1. The average Bonchev–Trinajstić information content (AvgIpc) is 3.40. The molecule has 0 aliphatic carbocycles. The maximum absolute atomic E-state index is 15.8. The van der Waals surface area contributed by atoms with Gasteiger partial charge in [0.25, 0.3) is 5.91 Å². The quantitative estimate of drug-likeness (QED) is 0.444. The Bertz CT molecular complexity index is 1470. The van der Waals surface area contributed by atoms with Crippen molar-refractivity contribution in [3.63, 3.8) is 0 Å². The van der Waals surface area contributed by atoms with Crippen molar-refractivity contribution in [2.75, 3.05) is 18.5 Å². The number of morpholine rings is 1. The summed E-state index contributed by atoms with van der Waals surface area (Å²) < 4.78 is 37.3. The highest BCUT2D eigenvalue weighted by Gasteiger charge is 2.58. The number of aliphatic hydroxyl groups is 1. The standard InChI is InChI=1S/C28H31F2N5O4S.C2H6/c1-14-6-8-18(9-7-14)13-35(27(37)31-5)26(36)28(38)11-19-10-20(25-33-32-17(4)40-25)21(29)22(30)23(19)34-12-15(2)39-16(3)24(28)34;1-2/h6-10,15-16,24,38H,11-13H2,1-5H3,(H,31,37);1-2H3/t15-,16?,24-,28?;/m0./s1. The number of fused-ring (bicyclic) bond motifs is 3. The third-order valence-electron chi connectivity index (χ3n) is 7.47. The van der Waals surface area contributed by atoms with Crippen LogP contribution >= 0.6 is 11.3 Å². The van der Waals surface area contributed by atoms with Gasteiger partial charge in [-0.15, -0.1) is 10.2 Å². The fourth-order valence-corrected chi connectivity index (χ4v) is 6.46. The highest BCUT2D eigenvalue weighted by molar-refractivity contribution is 7.14. The second-order valence-electron chi connectivity index (χ2n) is 10.5. The van der Waals surface area contributed by atoms with Crippen LogP contribution in [0.5, 0.6) is 0 Å². The zero-order chi connectivity index (χ0) is 30.9. The van der Waals surface area contributed by atoms with E-state index in [1.54, 1.807) is 32.9 Å². The molecule has 5 rings (SSSR count). The Morgan fingerprint density at radius 2 is 1.83 bits per heavy atom. The van der Waals surface area contributed by atoms with E-state index in [0.717, 1.165) is 21.8 Å². The van der Waals surface area contributed by atoms with Crippen LogP contribution in [0.3, 0.4) is 0 Å². The molecule has 3 heterocycles. The summed E-state index contributed by atoms with van der Waals surface area (Å²) in [4.78, 5) is 29.7. The molecule has 0 bridgehead atoms. The van der Waals surface area contributed by atoms with E-state index in [4.69, 9.17) is 4.74 Å². The molecule has 2 aliphatic rings. The predicted molar refractivity (Wildman–Crippen MR) is 157 cm³/mol. The van der Waals surface area contributed by atoms with Gasteiger partial charge in [-0.3, -0.25) is 9.69 Å². The Kier molecular flexibility index (Phi) is 9.29. The lowest BCUT2D eigenvalue weighted by atomic mass is 9.76. The van der Waals surface area contributed by atoms with Crippen molar-refractivity contribution in [1.29, 1.82) is 0 Å². The Labute approximate surface area is 248 Å². The van der Waals surface area contributed by atoms with E-state index in [2.05, 4.69) is 15.5 Å². The lowest BCUT2D eigenvalue weighted by molar-refractivity contribution is -0.161. The lowest BCUT2D eigenvalue weighted by Gasteiger charge is -2.54. The number of halogens is 2. The van der Waals surface area contributed by atoms with Crippen LogP contribution in [-0.4, -0.2) is 69.6 Å². The van der Waals surface area contributed by atoms with Gasteiger partial charge in [0, 0.05) is 20.0 Å². The first-order valence-electron chi connectivity index (χ1n) is 14.0. The molecular weight excluding hydrogens is 564 g/mol. The fourth-order valence-electron chi connectivity index (χ4n) is 5.76. The minimum Gasteiger partial charge on any atom is -0.377 e. The van der Waals surface area contributed by atoms with Crippen LogP contribution < -0.4 is 10.2 Å². The predicted octanol–water partition coefficient (Wildman–Crippen LogP) is 4.76. The van der Waals surface area contributed by atoms with E-state index in [-0.39, 0.29) is 41.3 Å². The van der Waals surface area contributed by atoms with Crippen LogP contribution in [0.25, 0.3) is 10.6 Å². The molecule has 2 aliphatic heterocycles. The SMILES string of the molecule is CC.CNC(=O)N(Cc1ccc(C)cc1)C(=O)C1(O)Cc2cc(-c3nnc(C)s3)c(F)c(F)c2N2C[C@H](C)OC(C)[C@H]21. The van der Waals surface area contributed by atoms with E-state index in [0.29, 0.717) is 10.6 Å². The molecule has 12 heteroatoms. The van der Waals surface area contributed by atoms with Gasteiger partial charge in [0.15, 0.2) is 22.2 Å². The number of aromatic nitrogens is 2. The van der Waals surface area contributed by atoms with Crippen molar-refractivity contribution in [2.24, 2.45) is 0 Å². The molecule has 3 aromatic rings. The molecule has 1 fully saturated rings. The summed E-state index contributed by atoms with van der Waals surface area (Å²) >= 11 is 1.11. The largest absolute Gasteiger partial charge is 0.377 e. The summed E-state index contributed by atoms with van der Waals surface area (Å²) in [5.74, 6) is -3.04. The third kappa shape index (κ3) is 5.62. The molecule has 2 N–H and O–H groups in total. The van der Waals surface area contributed by atoms with Gasteiger partial charge in [-0.2, -0.15) is 0 Å². The number of nitrogens with one attached hydrogen (secondary N) is 1. The highest BCUT2D eigenvalue weighted by atomic mass is 32.1. The minimum atomic E-state index is -2.21. The molecule has 1 saturated heterocycles. The van der Waals surface area contributed by atoms with Gasteiger partial charge in [-0.1, -0.05) is 55.0 Å². The summed E-state index contributed by atoms with van der Waals surface area (Å²) in [6.07, 6.45) is -1.51. The van der Waals surface area contributed by atoms with Crippen molar-refractivity contribution in [2.45, 2.75) is 78.4 Å². The van der Waals surface area contributed by atoms with Crippen LogP contribution in [0.15, 0.2) is 30.3 Å². The first-order chi connectivity index (χ1) is 19.9. The summed E-state index contributed by atoms with van der Waals surface area (Å²) in [7, 11) is 1.40. The van der Waals surface area contributed by atoms with E-state index < -0.39 is 47.4 Å². The van der Waals surface area contributed by atoms with Gasteiger partial charge in [-0.25, -0.2) is 13.6 Å². The fraction of sp³-hybridized carbons (Fsp3) is 0.467.